The van der Waals surface area contributed by atoms with Crippen LogP contribution in [-0.4, -0.2) is 20.6 Å². The summed E-state index contributed by atoms with van der Waals surface area (Å²) in [6, 6.07) is 7.03. The van der Waals surface area contributed by atoms with Gasteiger partial charge in [0.25, 0.3) is 5.56 Å². The lowest BCUT2D eigenvalue weighted by atomic mass is 10.2. The molecule has 0 amide bonds. The lowest BCUT2D eigenvalue weighted by Crippen LogP contribution is -2.23. The molecule has 0 saturated heterocycles. The summed E-state index contributed by atoms with van der Waals surface area (Å²) in [5, 5.41) is 4.04. The molecule has 2 aromatic heterocycles. The summed E-state index contributed by atoms with van der Waals surface area (Å²) >= 11 is 1.25. The van der Waals surface area contributed by atoms with Gasteiger partial charge in [-0.3, -0.25) is 9.59 Å². The Morgan fingerprint density at radius 3 is 2.86 bits per heavy atom. The highest BCUT2D eigenvalue weighted by Gasteiger charge is 2.09. The van der Waals surface area contributed by atoms with Crippen LogP contribution in [0.2, 0.25) is 0 Å². The quantitative estimate of drug-likeness (QED) is 0.520. The predicted octanol–water partition coefficient (Wildman–Crippen LogP) is 0.932. The van der Waals surface area contributed by atoms with Crippen LogP contribution in [-0.2, 0) is 4.79 Å². The average molecular weight is 301 g/mol. The summed E-state index contributed by atoms with van der Waals surface area (Å²) in [5.74, 6) is 0.571. The summed E-state index contributed by atoms with van der Waals surface area (Å²) in [7, 11) is 0. The monoisotopic (exact) mass is 301 g/mol. The van der Waals surface area contributed by atoms with Crippen molar-refractivity contribution in [2.45, 2.75) is 13.8 Å². The fourth-order valence-electron chi connectivity index (χ4n) is 1.92. The van der Waals surface area contributed by atoms with Gasteiger partial charge in [0.1, 0.15) is 11.6 Å². The first-order valence-corrected chi connectivity index (χ1v) is 7.01. The topological polar surface area (TPSA) is 73.6 Å². The molecule has 3 aromatic rings. The second-order valence-corrected chi connectivity index (χ2v) is 5.41. The van der Waals surface area contributed by atoms with Crippen molar-refractivity contribution in [2.24, 2.45) is 0 Å². The van der Waals surface area contributed by atoms with Gasteiger partial charge in [-0.1, -0.05) is 29.5 Å². The number of para-hydroxylation sites is 1. The molecule has 6 nitrogen and oxygen atoms in total. The Hall–Kier alpha value is -2.54. The number of aryl methyl sites for hydroxylation is 1. The van der Waals surface area contributed by atoms with Crippen LogP contribution in [0.4, 0.5) is 0 Å². The van der Waals surface area contributed by atoms with Crippen LogP contribution in [0.3, 0.4) is 0 Å². The molecule has 0 N–H and O–H groups in total. The molecule has 0 aliphatic carbocycles. The molecular formula is C14H11N3O3S. The van der Waals surface area contributed by atoms with E-state index < -0.39 is 5.97 Å². The Bertz CT molecular complexity index is 942. The molecule has 0 saturated carbocycles. The van der Waals surface area contributed by atoms with Gasteiger partial charge in [0.15, 0.2) is 0 Å². The highest BCUT2D eigenvalue weighted by molar-refractivity contribution is 7.15. The summed E-state index contributed by atoms with van der Waals surface area (Å²) in [5.41, 5.74) is 0.430. The van der Waals surface area contributed by atoms with Crippen molar-refractivity contribution >= 4 is 28.3 Å². The summed E-state index contributed by atoms with van der Waals surface area (Å²) in [6.07, 6.45) is 1.68. The van der Waals surface area contributed by atoms with Gasteiger partial charge < -0.3 is 4.74 Å². The van der Waals surface area contributed by atoms with Gasteiger partial charge in [0.05, 0.1) is 4.53 Å². The standard InChI is InChI=1S/C14H11N3O3S/c1-8-15-14-17(16-8)13(19)12(21-14)7-10-5-3-4-6-11(10)20-9(2)18/h3-7H,1-2H3/b12-7-. The maximum atomic E-state index is 12.2. The zero-order valence-electron chi connectivity index (χ0n) is 11.4. The highest BCUT2D eigenvalue weighted by Crippen LogP contribution is 2.18. The van der Waals surface area contributed by atoms with Crippen molar-refractivity contribution in [3.8, 4) is 5.75 Å². The maximum absolute atomic E-state index is 12.2. The molecule has 0 bridgehead atoms. The second-order valence-electron chi connectivity index (χ2n) is 4.40. The molecule has 0 aliphatic rings. The molecule has 2 heterocycles. The zero-order valence-corrected chi connectivity index (χ0v) is 12.2. The number of hydrogen-bond donors (Lipinski definition) is 0. The van der Waals surface area contributed by atoms with Crippen molar-refractivity contribution in [1.29, 1.82) is 0 Å². The number of rotatable bonds is 2. The van der Waals surface area contributed by atoms with E-state index in [1.807, 2.05) is 6.07 Å². The van der Waals surface area contributed by atoms with Gasteiger partial charge in [-0.15, -0.1) is 5.10 Å². The Labute approximate surface area is 123 Å². The Morgan fingerprint density at radius 2 is 2.14 bits per heavy atom. The van der Waals surface area contributed by atoms with Crippen LogP contribution in [0.25, 0.3) is 11.0 Å². The number of nitrogens with zero attached hydrogens (tertiary/aromatic N) is 3. The summed E-state index contributed by atoms with van der Waals surface area (Å²) in [6.45, 7) is 3.07. The Kier molecular flexibility index (Phi) is 3.26. The van der Waals surface area contributed by atoms with Gasteiger partial charge in [-0.2, -0.15) is 4.52 Å². The maximum Gasteiger partial charge on any atom is 0.308 e. The smallest absolute Gasteiger partial charge is 0.308 e. The molecule has 0 spiro atoms. The van der Waals surface area contributed by atoms with E-state index >= 15 is 0 Å². The fraction of sp³-hybridized carbons (Fsp3) is 0.143. The first-order valence-electron chi connectivity index (χ1n) is 6.20. The van der Waals surface area contributed by atoms with E-state index in [1.165, 1.54) is 22.8 Å². The van der Waals surface area contributed by atoms with Crippen LogP contribution < -0.4 is 14.8 Å². The lowest BCUT2D eigenvalue weighted by Gasteiger charge is -2.03. The van der Waals surface area contributed by atoms with E-state index in [0.717, 1.165) is 0 Å². The average Bonchev–Trinajstić information content (AvgIpc) is 2.91. The van der Waals surface area contributed by atoms with E-state index in [-0.39, 0.29) is 5.56 Å². The summed E-state index contributed by atoms with van der Waals surface area (Å²) in [4.78, 5) is 28.0. The number of esters is 1. The molecule has 0 fully saturated rings. The molecule has 21 heavy (non-hydrogen) atoms. The van der Waals surface area contributed by atoms with Crippen molar-refractivity contribution in [1.82, 2.24) is 14.6 Å². The summed E-state index contributed by atoms with van der Waals surface area (Å²) < 4.78 is 6.89. The van der Waals surface area contributed by atoms with Gasteiger partial charge in [0.2, 0.25) is 4.96 Å². The van der Waals surface area contributed by atoms with Gasteiger partial charge in [-0.25, -0.2) is 4.98 Å². The first-order chi connectivity index (χ1) is 10.0. The third kappa shape index (κ3) is 2.55. The third-order valence-corrected chi connectivity index (χ3v) is 3.71. The normalized spacial score (nSPS) is 12.0. The minimum atomic E-state index is -0.406. The molecule has 3 rings (SSSR count). The van der Waals surface area contributed by atoms with Crippen LogP contribution in [0.15, 0.2) is 29.1 Å². The number of hydrogen-bond acceptors (Lipinski definition) is 6. The number of aromatic nitrogens is 3. The fourth-order valence-corrected chi connectivity index (χ4v) is 2.86. The van der Waals surface area contributed by atoms with E-state index in [2.05, 4.69) is 10.1 Å². The number of thiazole rings is 1. The largest absolute Gasteiger partial charge is 0.426 e. The lowest BCUT2D eigenvalue weighted by molar-refractivity contribution is -0.131. The van der Waals surface area contributed by atoms with Gasteiger partial charge >= 0.3 is 5.97 Å². The Balaban J connectivity index is 2.16. The van der Waals surface area contributed by atoms with E-state index in [4.69, 9.17) is 4.74 Å². The molecular weight excluding hydrogens is 290 g/mol. The SMILES string of the molecule is CC(=O)Oc1ccccc1/C=c1\sc2nc(C)nn2c1=O. The molecule has 0 unspecified atom stereocenters. The number of carbonyl (C=O) groups excluding carboxylic acids is 1. The molecule has 0 atom stereocenters. The van der Waals surface area contributed by atoms with Crippen molar-refractivity contribution in [2.75, 3.05) is 0 Å². The zero-order chi connectivity index (χ0) is 15.0. The van der Waals surface area contributed by atoms with Crippen molar-refractivity contribution in [3.63, 3.8) is 0 Å². The predicted molar refractivity (Wildman–Crippen MR) is 78.4 cm³/mol. The highest BCUT2D eigenvalue weighted by atomic mass is 32.1. The van der Waals surface area contributed by atoms with Gasteiger partial charge in [-0.05, 0) is 19.1 Å². The first kappa shape index (κ1) is 13.4. The number of carbonyl (C=O) groups is 1. The number of benzene rings is 1. The third-order valence-electron chi connectivity index (χ3n) is 2.75. The van der Waals surface area contributed by atoms with E-state index in [1.54, 1.807) is 31.2 Å². The van der Waals surface area contributed by atoms with E-state index in [0.29, 0.717) is 26.6 Å². The molecule has 0 radical (unpaired) electrons. The second kappa shape index (κ2) is 5.10. The van der Waals surface area contributed by atoms with E-state index in [9.17, 15) is 9.59 Å². The van der Waals surface area contributed by atoms with Crippen LogP contribution in [0, 0.1) is 6.92 Å². The van der Waals surface area contributed by atoms with Gasteiger partial charge in [0, 0.05) is 12.5 Å². The minimum absolute atomic E-state index is 0.228. The molecule has 0 aliphatic heterocycles. The van der Waals surface area contributed by atoms with Crippen molar-refractivity contribution < 1.29 is 9.53 Å². The van der Waals surface area contributed by atoms with Crippen LogP contribution in [0.5, 0.6) is 5.75 Å². The Morgan fingerprint density at radius 1 is 1.38 bits per heavy atom. The number of fused-ring (bicyclic) bond motifs is 1. The van der Waals surface area contributed by atoms with Crippen LogP contribution in [0.1, 0.15) is 18.3 Å². The van der Waals surface area contributed by atoms with Crippen LogP contribution >= 0.6 is 11.3 Å². The van der Waals surface area contributed by atoms with Crippen molar-refractivity contribution in [3.05, 3.63) is 50.5 Å². The number of ether oxygens (including phenoxy) is 1. The minimum Gasteiger partial charge on any atom is -0.426 e. The molecule has 106 valence electrons. The molecule has 7 heteroatoms. The molecule has 1 aromatic carbocycles.